The van der Waals surface area contributed by atoms with Gasteiger partial charge in [0.15, 0.2) is 5.78 Å². The van der Waals surface area contributed by atoms with Gasteiger partial charge in [0.05, 0.1) is 12.7 Å². The Morgan fingerprint density at radius 1 is 1.40 bits per heavy atom. The first-order valence-electron chi connectivity index (χ1n) is 4.14. The molecule has 15 heavy (non-hydrogen) atoms. The summed E-state index contributed by atoms with van der Waals surface area (Å²) in [5.41, 5.74) is 1.64. The fraction of sp³-hybridized carbons (Fsp3) is 0.300. The van der Waals surface area contributed by atoms with E-state index in [1.165, 1.54) is 0 Å². The van der Waals surface area contributed by atoms with Crippen LogP contribution in [0.3, 0.4) is 0 Å². The van der Waals surface area contributed by atoms with Crippen LogP contribution in [0.5, 0.6) is 5.75 Å². The van der Waals surface area contributed by atoms with Gasteiger partial charge < -0.3 is 20.2 Å². The predicted octanol–water partition coefficient (Wildman–Crippen LogP) is -1.55. The van der Waals surface area contributed by atoms with Crippen molar-refractivity contribution in [2.45, 2.75) is 13.8 Å². The Balaban J connectivity index is 0. The van der Waals surface area contributed by atoms with Gasteiger partial charge in [0.25, 0.3) is 0 Å². The molecule has 0 spiro atoms. The van der Waals surface area contributed by atoms with E-state index in [-0.39, 0.29) is 57.2 Å². The molecule has 0 N–H and O–H groups in total. The topological polar surface area (TPSA) is 26.3 Å². The summed E-state index contributed by atoms with van der Waals surface area (Å²) in [4.78, 5) is 11.2. The molecule has 0 aliphatic rings. The first-order valence-corrected chi connectivity index (χ1v) is 4.14. The molecule has 0 saturated carbocycles. The number of hydrogen-bond donors (Lipinski definition) is 0. The molecule has 0 unspecified atom stereocenters. The smallest absolute Gasteiger partial charge is 0.693 e. The number of carbonyl (C=O) groups excluding carboxylic acids is 1. The van der Waals surface area contributed by atoms with E-state index in [0.29, 0.717) is 11.3 Å². The van der Waals surface area contributed by atoms with Crippen LogP contribution in [0.15, 0.2) is 18.2 Å². The molecule has 71 valence electrons. The molecule has 5 heteroatoms. The fourth-order valence-corrected chi connectivity index (χ4v) is 1.26. The molecule has 0 amide bonds. The second-order valence-corrected chi connectivity index (χ2v) is 2.71. The Morgan fingerprint density at radius 2 is 1.93 bits per heavy atom. The number of ketones is 1. The molecule has 1 aromatic rings. The first kappa shape index (κ1) is 17.8. The van der Waals surface area contributed by atoms with E-state index in [0.717, 1.165) is 5.56 Å². The molecule has 0 heterocycles. The van der Waals surface area contributed by atoms with E-state index >= 15 is 0 Å². The van der Waals surface area contributed by atoms with Crippen molar-refractivity contribution in [1.29, 1.82) is 0 Å². The van der Waals surface area contributed by atoms with Gasteiger partial charge in [-0.05, 0) is 25.5 Å². The summed E-state index contributed by atoms with van der Waals surface area (Å²) in [5, 5.41) is 0. The van der Waals surface area contributed by atoms with Gasteiger partial charge in [0.2, 0.25) is 0 Å². The zero-order valence-corrected chi connectivity index (χ0v) is 12.8. The van der Waals surface area contributed by atoms with Crippen LogP contribution in [0, 0.1) is 6.92 Å². The molecule has 5 radical (unpaired) electrons. The van der Waals surface area contributed by atoms with Crippen molar-refractivity contribution in [1.82, 2.24) is 0 Å². The van der Waals surface area contributed by atoms with E-state index < -0.39 is 0 Å². The summed E-state index contributed by atoms with van der Waals surface area (Å²) in [7, 11) is 9.57. The monoisotopic (exact) mass is 225 g/mol. The number of aryl methyl sites for hydroxylation is 1. The van der Waals surface area contributed by atoms with Crippen LogP contribution in [0.1, 0.15) is 22.8 Å². The maximum atomic E-state index is 11.2. The maximum Gasteiger partial charge on any atom is 1.00 e. The third kappa shape index (κ3) is 5.36. The minimum absolute atomic E-state index is 0. The largest absolute Gasteiger partial charge is 1.00 e. The quantitative estimate of drug-likeness (QED) is 0.449. The van der Waals surface area contributed by atoms with Gasteiger partial charge in [-0.1, -0.05) is 12.1 Å². The van der Waals surface area contributed by atoms with Crippen molar-refractivity contribution in [3.8, 4) is 5.75 Å². The van der Waals surface area contributed by atoms with Crippen LogP contribution in [0.2, 0.25) is 0 Å². The Labute approximate surface area is 136 Å². The number of methoxy groups -OCH3 is 1. The zero-order valence-electron chi connectivity index (χ0n) is 9.70. The summed E-state index contributed by atoms with van der Waals surface area (Å²) in [5.74, 6) is 0.701. The standard InChI is InChI=1S/C10H12O2.B2.K/c1-7-5-4-6-9(12-3)10(7)8(2)11;1-2;/h4-6H,1-3H3;;/q;-1;+1. The number of rotatable bonds is 2. The van der Waals surface area contributed by atoms with E-state index in [1.54, 1.807) is 20.1 Å². The maximum absolute atomic E-state index is 11.2. The van der Waals surface area contributed by atoms with E-state index in [9.17, 15) is 4.79 Å². The van der Waals surface area contributed by atoms with Gasteiger partial charge in [-0.3, -0.25) is 4.79 Å². The van der Waals surface area contributed by atoms with Gasteiger partial charge in [-0.25, -0.2) is 0 Å². The average molecular weight is 225 g/mol. The summed E-state index contributed by atoms with van der Waals surface area (Å²) >= 11 is 0. The molecule has 0 fully saturated rings. The molecule has 0 aliphatic heterocycles. The van der Waals surface area contributed by atoms with Gasteiger partial charge in [0, 0.05) is 0 Å². The molecule has 1 aromatic carbocycles. The van der Waals surface area contributed by atoms with Crippen molar-refractivity contribution in [2.75, 3.05) is 7.11 Å². The van der Waals surface area contributed by atoms with Crippen molar-refractivity contribution >= 4 is 21.3 Å². The normalized spacial score (nSPS) is 8.00. The number of carbonyl (C=O) groups is 1. The molecule has 0 atom stereocenters. The number of Topliss-reactive ketones (excluding diaryl/α,β-unsaturated/α-hetero) is 1. The average Bonchev–Trinajstić information content (AvgIpc) is 2.19. The number of benzene rings is 1. The van der Waals surface area contributed by atoms with Crippen molar-refractivity contribution in [3.63, 3.8) is 0 Å². The Hall–Kier alpha value is 0.456. The van der Waals surface area contributed by atoms with Crippen LogP contribution in [-0.2, 0) is 0 Å². The Bertz CT molecular complexity index is 316. The summed E-state index contributed by atoms with van der Waals surface area (Å²) < 4.78 is 5.07. The second kappa shape index (κ2) is 9.67. The Kier molecular flexibility index (Phi) is 11.5. The second-order valence-electron chi connectivity index (χ2n) is 2.71. The van der Waals surface area contributed by atoms with Gasteiger partial charge in [-0.15, -0.1) is 0 Å². The summed E-state index contributed by atoms with van der Waals surface area (Å²) in [6.07, 6.45) is 0. The van der Waals surface area contributed by atoms with Crippen LogP contribution in [0.25, 0.3) is 0 Å². The molecule has 0 aromatic heterocycles. The number of hydrogen-bond acceptors (Lipinski definition) is 2. The third-order valence-electron chi connectivity index (χ3n) is 1.81. The molecular formula is C10H12B2KO2. The van der Waals surface area contributed by atoms with E-state index in [1.807, 2.05) is 19.1 Å². The third-order valence-corrected chi connectivity index (χ3v) is 1.81. The van der Waals surface area contributed by atoms with Gasteiger partial charge in [-0.2, -0.15) is 0 Å². The van der Waals surface area contributed by atoms with Crippen LogP contribution >= 0.6 is 0 Å². The summed E-state index contributed by atoms with van der Waals surface area (Å²) in [6, 6.07) is 5.57. The van der Waals surface area contributed by atoms with Crippen LogP contribution in [0.4, 0.5) is 0 Å². The van der Waals surface area contributed by atoms with Crippen LogP contribution in [-0.4, -0.2) is 28.4 Å². The molecular weight excluding hydrogens is 213 g/mol. The minimum atomic E-state index is 0. The fourth-order valence-electron chi connectivity index (χ4n) is 1.26. The van der Waals surface area contributed by atoms with E-state index in [2.05, 4.69) is 15.5 Å². The molecule has 2 nitrogen and oxygen atoms in total. The van der Waals surface area contributed by atoms with Crippen molar-refractivity contribution in [2.24, 2.45) is 0 Å². The minimum Gasteiger partial charge on any atom is -0.693 e. The van der Waals surface area contributed by atoms with Crippen LogP contribution < -0.4 is 56.1 Å². The van der Waals surface area contributed by atoms with Crippen molar-refractivity contribution in [3.05, 3.63) is 29.3 Å². The number of ether oxygens (including phenoxy) is 1. The molecule has 0 saturated heterocycles. The molecule has 0 bridgehead atoms. The van der Waals surface area contributed by atoms with Gasteiger partial charge in [0.1, 0.15) is 5.75 Å². The van der Waals surface area contributed by atoms with Gasteiger partial charge >= 0.3 is 51.4 Å². The molecule has 1 rings (SSSR count). The van der Waals surface area contributed by atoms with Crippen molar-refractivity contribution < 1.29 is 60.9 Å². The first-order chi connectivity index (χ1) is 6.66. The SMILES string of the molecule is COc1cccc(C)c1C(C)=O.[B][B-].[K+]. The molecule has 0 aliphatic carbocycles. The summed E-state index contributed by atoms with van der Waals surface area (Å²) in [6.45, 7) is 3.45. The zero-order chi connectivity index (χ0) is 11.1. The van der Waals surface area contributed by atoms with E-state index in [4.69, 9.17) is 4.74 Å². The predicted molar refractivity (Wildman–Crippen MR) is 59.2 cm³/mol. The Morgan fingerprint density at radius 3 is 2.27 bits per heavy atom.